The highest BCUT2D eigenvalue weighted by Crippen LogP contribution is 2.26. The lowest BCUT2D eigenvalue weighted by Gasteiger charge is -2.29. The van der Waals surface area contributed by atoms with Gasteiger partial charge in [0.25, 0.3) is 10.0 Å². The molecule has 1 fully saturated rings. The molecule has 22 heavy (non-hydrogen) atoms. The molecule has 1 saturated heterocycles. The summed E-state index contributed by atoms with van der Waals surface area (Å²) in [5, 5.41) is 1.66. The van der Waals surface area contributed by atoms with E-state index in [0.29, 0.717) is 26.3 Å². The predicted octanol–water partition coefficient (Wildman–Crippen LogP) is 2.52. The van der Waals surface area contributed by atoms with Gasteiger partial charge in [0.05, 0.1) is 18.9 Å². The van der Waals surface area contributed by atoms with Gasteiger partial charge in [-0.2, -0.15) is 0 Å². The molecule has 2 heterocycles. The summed E-state index contributed by atoms with van der Waals surface area (Å²) in [5.74, 6) is -0.600. The van der Waals surface area contributed by atoms with Crippen molar-refractivity contribution in [3.63, 3.8) is 0 Å². The van der Waals surface area contributed by atoms with Crippen molar-refractivity contribution < 1.29 is 17.5 Å². The lowest BCUT2D eigenvalue weighted by Crippen LogP contribution is -2.36. The van der Waals surface area contributed by atoms with E-state index < -0.39 is 15.8 Å². The minimum absolute atomic E-state index is 0.0441. The van der Waals surface area contributed by atoms with E-state index in [1.165, 1.54) is 18.2 Å². The zero-order chi connectivity index (χ0) is 15.6. The monoisotopic (exact) mass is 342 g/mol. The summed E-state index contributed by atoms with van der Waals surface area (Å²) in [6.45, 7) is 2.60. The van der Waals surface area contributed by atoms with Crippen LogP contribution in [0.25, 0.3) is 0 Å². The molecule has 1 aromatic carbocycles. The van der Waals surface area contributed by atoms with Gasteiger partial charge < -0.3 is 9.64 Å². The fourth-order valence-electron chi connectivity index (χ4n) is 2.22. The maximum absolute atomic E-state index is 13.9. The summed E-state index contributed by atoms with van der Waals surface area (Å²) < 4.78 is 46.1. The maximum atomic E-state index is 13.9. The van der Waals surface area contributed by atoms with Crippen molar-refractivity contribution in [3.8, 4) is 0 Å². The topological polar surface area (TPSA) is 58.6 Å². The van der Waals surface area contributed by atoms with Gasteiger partial charge >= 0.3 is 0 Å². The Morgan fingerprint density at radius 2 is 2.00 bits per heavy atom. The lowest BCUT2D eigenvalue weighted by atomic mass is 10.2. The van der Waals surface area contributed by atoms with Gasteiger partial charge in [-0.05, 0) is 29.6 Å². The number of ether oxygens (including phenoxy) is 1. The number of halogens is 1. The van der Waals surface area contributed by atoms with Gasteiger partial charge in [-0.1, -0.05) is 6.07 Å². The fourth-order valence-corrected chi connectivity index (χ4v) is 4.27. The molecule has 0 unspecified atom stereocenters. The summed E-state index contributed by atoms with van der Waals surface area (Å²) >= 11 is 1.09. The average Bonchev–Trinajstić information content (AvgIpc) is 3.05. The van der Waals surface area contributed by atoms with E-state index in [1.807, 2.05) is 4.90 Å². The van der Waals surface area contributed by atoms with Crippen molar-refractivity contribution in [2.24, 2.45) is 0 Å². The van der Waals surface area contributed by atoms with E-state index in [-0.39, 0.29) is 9.90 Å². The van der Waals surface area contributed by atoms with Crippen LogP contribution in [0.2, 0.25) is 0 Å². The smallest absolute Gasteiger partial charge is 0.271 e. The highest BCUT2D eigenvalue weighted by molar-refractivity contribution is 7.94. The Morgan fingerprint density at radius 1 is 1.23 bits per heavy atom. The number of nitrogens with one attached hydrogen (secondary N) is 1. The molecule has 0 amide bonds. The van der Waals surface area contributed by atoms with E-state index >= 15 is 0 Å². The zero-order valence-corrected chi connectivity index (χ0v) is 13.3. The number of hydrogen-bond donors (Lipinski definition) is 1. The average molecular weight is 342 g/mol. The lowest BCUT2D eigenvalue weighted by molar-refractivity contribution is 0.122. The third-order valence-corrected chi connectivity index (χ3v) is 6.09. The van der Waals surface area contributed by atoms with Gasteiger partial charge in [0.15, 0.2) is 0 Å². The second kappa shape index (κ2) is 6.23. The Labute approximate surface area is 132 Å². The molecule has 0 spiro atoms. The normalized spacial score (nSPS) is 15.8. The van der Waals surface area contributed by atoms with Crippen LogP contribution < -0.4 is 9.62 Å². The predicted molar refractivity (Wildman–Crippen MR) is 84.6 cm³/mol. The molecule has 0 atom stereocenters. The first-order chi connectivity index (χ1) is 10.6. The van der Waals surface area contributed by atoms with Gasteiger partial charge in [0.1, 0.15) is 10.0 Å². The van der Waals surface area contributed by atoms with Gasteiger partial charge in [0.2, 0.25) is 0 Å². The molecule has 0 saturated carbocycles. The summed E-state index contributed by atoms with van der Waals surface area (Å²) in [7, 11) is -3.75. The van der Waals surface area contributed by atoms with Gasteiger partial charge in [-0.3, -0.25) is 4.72 Å². The Balaban J connectivity index is 1.87. The molecule has 1 aliphatic rings. The number of hydrogen-bond acceptors (Lipinski definition) is 5. The Kier molecular flexibility index (Phi) is 4.32. The van der Waals surface area contributed by atoms with Crippen LogP contribution in [0.15, 0.2) is 39.9 Å². The van der Waals surface area contributed by atoms with E-state index in [1.54, 1.807) is 17.5 Å². The first-order valence-electron chi connectivity index (χ1n) is 6.75. The highest BCUT2D eigenvalue weighted by Gasteiger charge is 2.19. The minimum Gasteiger partial charge on any atom is -0.378 e. The van der Waals surface area contributed by atoms with Gasteiger partial charge in [0, 0.05) is 18.8 Å². The van der Waals surface area contributed by atoms with E-state index in [4.69, 9.17) is 4.74 Å². The number of sulfonamides is 1. The largest absolute Gasteiger partial charge is 0.378 e. The van der Waals surface area contributed by atoms with E-state index in [2.05, 4.69) is 4.72 Å². The van der Waals surface area contributed by atoms with E-state index in [0.717, 1.165) is 17.0 Å². The molecule has 5 nitrogen and oxygen atoms in total. The Bertz CT molecular complexity index is 741. The number of thiophene rings is 1. The fraction of sp³-hybridized carbons (Fsp3) is 0.286. The third-order valence-electron chi connectivity index (χ3n) is 3.33. The molecule has 0 bridgehead atoms. The van der Waals surface area contributed by atoms with Crippen LogP contribution in [0.1, 0.15) is 0 Å². The Hall–Kier alpha value is -1.64. The molecule has 1 aliphatic heterocycles. The standard InChI is InChI=1S/C14H15FN2O3S2/c15-12-4-3-11(17-5-7-20-8-6-17)10-13(12)16-22(18,19)14-2-1-9-21-14/h1-4,9-10,16H,5-8H2. The quantitative estimate of drug-likeness (QED) is 0.928. The second-order valence-electron chi connectivity index (χ2n) is 4.80. The summed E-state index contributed by atoms with van der Waals surface area (Å²) in [4.78, 5) is 2.03. The SMILES string of the molecule is O=S(=O)(Nc1cc(N2CCOCC2)ccc1F)c1cccs1. The number of anilines is 2. The first kappa shape index (κ1) is 15.3. The molecule has 3 rings (SSSR count). The van der Waals surface area contributed by atoms with Crippen molar-refractivity contribution >= 4 is 32.7 Å². The highest BCUT2D eigenvalue weighted by atomic mass is 32.2. The second-order valence-corrected chi connectivity index (χ2v) is 7.66. The first-order valence-corrected chi connectivity index (χ1v) is 9.11. The summed E-state index contributed by atoms with van der Waals surface area (Å²) in [6, 6.07) is 7.56. The number of nitrogens with zero attached hydrogens (tertiary/aromatic N) is 1. The van der Waals surface area contributed by atoms with Crippen LogP contribution in [0.3, 0.4) is 0 Å². The third kappa shape index (κ3) is 3.23. The summed E-state index contributed by atoms with van der Waals surface area (Å²) in [6.07, 6.45) is 0. The molecule has 1 N–H and O–H groups in total. The zero-order valence-electron chi connectivity index (χ0n) is 11.7. The summed E-state index contributed by atoms with van der Waals surface area (Å²) in [5.41, 5.74) is 0.728. The molecule has 118 valence electrons. The van der Waals surface area contributed by atoms with Gasteiger partial charge in [-0.15, -0.1) is 11.3 Å². The molecule has 2 aromatic rings. The number of benzene rings is 1. The van der Waals surface area contributed by atoms with Crippen LogP contribution in [0.5, 0.6) is 0 Å². The van der Waals surface area contributed by atoms with Crippen molar-refractivity contribution in [3.05, 3.63) is 41.5 Å². The molecular formula is C14H15FN2O3S2. The van der Waals surface area contributed by atoms with Crippen LogP contribution in [0, 0.1) is 5.82 Å². The molecular weight excluding hydrogens is 327 g/mol. The molecule has 8 heteroatoms. The Morgan fingerprint density at radius 3 is 2.68 bits per heavy atom. The van der Waals surface area contributed by atoms with Crippen LogP contribution in [0.4, 0.5) is 15.8 Å². The molecule has 1 aromatic heterocycles. The van der Waals surface area contributed by atoms with Crippen molar-refractivity contribution in [2.75, 3.05) is 35.9 Å². The van der Waals surface area contributed by atoms with Crippen LogP contribution in [-0.2, 0) is 14.8 Å². The van der Waals surface area contributed by atoms with Crippen molar-refractivity contribution in [1.82, 2.24) is 0 Å². The van der Waals surface area contributed by atoms with Crippen LogP contribution >= 0.6 is 11.3 Å². The van der Waals surface area contributed by atoms with E-state index in [9.17, 15) is 12.8 Å². The molecule has 0 radical (unpaired) electrons. The molecule has 0 aliphatic carbocycles. The van der Waals surface area contributed by atoms with Crippen molar-refractivity contribution in [2.45, 2.75) is 4.21 Å². The maximum Gasteiger partial charge on any atom is 0.271 e. The minimum atomic E-state index is -3.75. The number of morpholine rings is 1. The van der Waals surface area contributed by atoms with Crippen molar-refractivity contribution in [1.29, 1.82) is 0 Å². The number of rotatable bonds is 4. The van der Waals surface area contributed by atoms with Gasteiger partial charge in [-0.25, -0.2) is 12.8 Å². The van der Waals surface area contributed by atoms with Crippen LogP contribution in [-0.4, -0.2) is 34.7 Å².